The van der Waals surface area contributed by atoms with Crippen LogP contribution in [-0.4, -0.2) is 54.7 Å². The van der Waals surface area contributed by atoms with E-state index in [1.807, 2.05) is 13.1 Å². The lowest BCUT2D eigenvalue weighted by Gasteiger charge is -2.41. The molecule has 1 spiro atoms. The van der Waals surface area contributed by atoms with Crippen LogP contribution in [0.1, 0.15) is 24.8 Å². The van der Waals surface area contributed by atoms with Crippen LogP contribution in [0.2, 0.25) is 0 Å². The van der Waals surface area contributed by atoms with E-state index in [1.165, 1.54) is 10.9 Å². The fourth-order valence-corrected chi connectivity index (χ4v) is 3.94. The highest BCUT2D eigenvalue weighted by atomic mass is 16.5. The summed E-state index contributed by atoms with van der Waals surface area (Å²) in [6.07, 6.45) is 2.25. The molecule has 0 bridgehead atoms. The van der Waals surface area contributed by atoms with Gasteiger partial charge in [-0.2, -0.15) is 0 Å². The van der Waals surface area contributed by atoms with Gasteiger partial charge in [-0.1, -0.05) is 18.2 Å². The fourth-order valence-electron chi connectivity index (χ4n) is 3.94. The number of rotatable bonds is 1. The highest BCUT2D eigenvalue weighted by Crippen LogP contribution is 2.34. The van der Waals surface area contributed by atoms with Crippen molar-refractivity contribution in [3.05, 3.63) is 35.9 Å². The number of pyridine rings is 1. The molecule has 0 atom stereocenters. The molecule has 2 aliphatic heterocycles. The summed E-state index contributed by atoms with van der Waals surface area (Å²) < 4.78 is 6.14. The number of aromatic nitrogens is 1. The van der Waals surface area contributed by atoms with Crippen molar-refractivity contribution in [2.24, 2.45) is 0 Å². The molecular weight excluding hydrogens is 314 g/mol. The molecule has 5 nitrogen and oxygen atoms in total. The van der Waals surface area contributed by atoms with E-state index >= 15 is 0 Å². The van der Waals surface area contributed by atoms with Crippen molar-refractivity contribution in [2.75, 3.05) is 38.2 Å². The number of anilines is 1. The summed E-state index contributed by atoms with van der Waals surface area (Å²) in [6.45, 7) is 5.22. The standard InChI is InChI=1S/C20H25N3O2/c1-15-13-18(21-17-6-4-3-5-16(15)17)23-9-7-20(8-10-23)14-19(24)22(2)11-12-25-20/h3-6,13H,7-12,14H2,1-2H3. The van der Waals surface area contributed by atoms with E-state index in [0.29, 0.717) is 19.6 Å². The first-order chi connectivity index (χ1) is 12.1. The first-order valence-electron chi connectivity index (χ1n) is 9.06. The molecule has 4 rings (SSSR count). The van der Waals surface area contributed by atoms with Crippen LogP contribution in [0.25, 0.3) is 10.9 Å². The number of aryl methyl sites for hydroxylation is 1. The first kappa shape index (κ1) is 16.3. The van der Waals surface area contributed by atoms with Crippen molar-refractivity contribution in [1.82, 2.24) is 9.88 Å². The van der Waals surface area contributed by atoms with Crippen molar-refractivity contribution >= 4 is 22.6 Å². The van der Waals surface area contributed by atoms with Crippen molar-refractivity contribution in [3.8, 4) is 0 Å². The minimum atomic E-state index is -0.287. The maximum absolute atomic E-state index is 12.3. The molecule has 2 aliphatic rings. The van der Waals surface area contributed by atoms with Gasteiger partial charge in [0.05, 0.1) is 24.1 Å². The maximum atomic E-state index is 12.3. The number of benzene rings is 1. The average molecular weight is 339 g/mol. The van der Waals surface area contributed by atoms with E-state index in [1.54, 1.807) is 4.90 Å². The third-order valence-corrected chi connectivity index (χ3v) is 5.64. The Labute approximate surface area is 148 Å². The Hall–Kier alpha value is -2.14. The minimum Gasteiger partial charge on any atom is -0.372 e. The third-order valence-electron chi connectivity index (χ3n) is 5.64. The molecule has 2 aromatic rings. The first-order valence-corrected chi connectivity index (χ1v) is 9.06. The molecule has 132 valence electrons. The Balaban J connectivity index is 1.53. The molecule has 25 heavy (non-hydrogen) atoms. The molecule has 3 heterocycles. The van der Waals surface area contributed by atoms with Gasteiger partial charge in [0.15, 0.2) is 0 Å². The minimum absolute atomic E-state index is 0.200. The second-order valence-corrected chi connectivity index (χ2v) is 7.33. The Morgan fingerprint density at radius 2 is 1.92 bits per heavy atom. The summed E-state index contributed by atoms with van der Waals surface area (Å²) in [6, 6.07) is 10.4. The summed E-state index contributed by atoms with van der Waals surface area (Å²) >= 11 is 0. The zero-order valence-electron chi connectivity index (χ0n) is 15.0. The number of likely N-dealkylation sites (N-methyl/N-ethyl adjacent to an activating group) is 1. The van der Waals surface area contributed by atoms with Crippen LogP contribution in [0.4, 0.5) is 5.82 Å². The average Bonchev–Trinajstić information content (AvgIpc) is 2.74. The molecule has 1 aromatic heterocycles. The Bertz CT molecular complexity index is 797. The summed E-state index contributed by atoms with van der Waals surface area (Å²) in [5.41, 5.74) is 2.01. The number of amides is 1. The summed E-state index contributed by atoms with van der Waals surface area (Å²) in [4.78, 5) is 21.2. The lowest BCUT2D eigenvalue weighted by Crippen LogP contribution is -2.47. The van der Waals surface area contributed by atoms with Crippen LogP contribution < -0.4 is 4.90 Å². The van der Waals surface area contributed by atoms with Gasteiger partial charge in [-0.25, -0.2) is 4.98 Å². The van der Waals surface area contributed by atoms with E-state index in [4.69, 9.17) is 9.72 Å². The largest absolute Gasteiger partial charge is 0.372 e. The van der Waals surface area contributed by atoms with Crippen LogP contribution in [0, 0.1) is 6.92 Å². The number of carbonyl (C=O) groups is 1. The van der Waals surface area contributed by atoms with Crippen LogP contribution in [0.3, 0.4) is 0 Å². The lowest BCUT2D eigenvalue weighted by atomic mass is 9.87. The Morgan fingerprint density at radius 3 is 2.72 bits per heavy atom. The summed E-state index contributed by atoms with van der Waals surface area (Å²) in [7, 11) is 1.86. The zero-order chi connectivity index (χ0) is 17.4. The van der Waals surface area contributed by atoms with E-state index < -0.39 is 0 Å². The highest BCUT2D eigenvalue weighted by Gasteiger charge is 2.40. The van der Waals surface area contributed by atoms with Gasteiger partial charge in [-0.05, 0) is 37.5 Å². The van der Waals surface area contributed by atoms with E-state index in [-0.39, 0.29) is 11.5 Å². The van der Waals surface area contributed by atoms with Gasteiger partial charge in [-0.3, -0.25) is 4.79 Å². The van der Waals surface area contributed by atoms with Crippen LogP contribution in [-0.2, 0) is 9.53 Å². The number of fused-ring (bicyclic) bond motifs is 1. The van der Waals surface area contributed by atoms with E-state index in [2.05, 4.69) is 36.1 Å². The number of carbonyl (C=O) groups excluding carboxylic acids is 1. The number of para-hydroxylation sites is 1. The Kier molecular flexibility index (Phi) is 4.12. The molecule has 0 N–H and O–H groups in total. The van der Waals surface area contributed by atoms with Crippen LogP contribution in [0.15, 0.2) is 30.3 Å². The van der Waals surface area contributed by atoms with Gasteiger partial charge in [0, 0.05) is 32.1 Å². The van der Waals surface area contributed by atoms with Gasteiger partial charge in [-0.15, -0.1) is 0 Å². The molecule has 5 heteroatoms. The molecule has 1 aromatic carbocycles. The van der Waals surface area contributed by atoms with Crippen molar-refractivity contribution in [1.29, 1.82) is 0 Å². The smallest absolute Gasteiger partial charge is 0.225 e. The SMILES string of the molecule is Cc1cc(N2CCC3(CC2)CC(=O)N(C)CCO3)nc2ccccc12. The number of nitrogens with zero attached hydrogens (tertiary/aromatic N) is 3. The molecule has 2 saturated heterocycles. The molecule has 0 radical (unpaired) electrons. The van der Waals surface area contributed by atoms with Crippen molar-refractivity contribution in [3.63, 3.8) is 0 Å². The van der Waals surface area contributed by atoms with Gasteiger partial charge in [0.25, 0.3) is 0 Å². The second-order valence-electron chi connectivity index (χ2n) is 7.33. The third kappa shape index (κ3) is 3.09. The second kappa shape index (κ2) is 6.30. The van der Waals surface area contributed by atoms with Gasteiger partial charge >= 0.3 is 0 Å². The number of piperidine rings is 1. The van der Waals surface area contributed by atoms with Crippen LogP contribution in [0.5, 0.6) is 0 Å². The topological polar surface area (TPSA) is 45.7 Å². The van der Waals surface area contributed by atoms with Crippen molar-refractivity contribution < 1.29 is 9.53 Å². The van der Waals surface area contributed by atoms with Crippen molar-refractivity contribution in [2.45, 2.75) is 31.8 Å². The van der Waals surface area contributed by atoms with Crippen LogP contribution >= 0.6 is 0 Å². The number of ether oxygens (including phenoxy) is 1. The number of hydrogen-bond donors (Lipinski definition) is 0. The molecule has 0 unspecified atom stereocenters. The fraction of sp³-hybridized carbons (Fsp3) is 0.500. The predicted molar refractivity (Wildman–Crippen MR) is 98.9 cm³/mol. The molecule has 0 saturated carbocycles. The Morgan fingerprint density at radius 1 is 1.16 bits per heavy atom. The maximum Gasteiger partial charge on any atom is 0.225 e. The molecule has 1 amide bonds. The monoisotopic (exact) mass is 339 g/mol. The van der Waals surface area contributed by atoms with Gasteiger partial charge < -0.3 is 14.5 Å². The predicted octanol–water partition coefficient (Wildman–Crippen LogP) is 2.76. The zero-order valence-corrected chi connectivity index (χ0v) is 15.0. The van der Waals surface area contributed by atoms with Gasteiger partial charge in [0.1, 0.15) is 5.82 Å². The number of hydrogen-bond acceptors (Lipinski definition) is 4. The van der Waals surface area contributed by atoms with Gasteiger partial charge in [0.2, 0.25) is 5.91 Å². The summed E-state index contributed by atoms with van der Waals surface area (Å²) in [5.74, 6) is 1.23. The lowest BCUT2D eigenvalue weighted by molar-refractivity contribution is -0.133. The van der Waals surface area contributed by atoms with E-state index in [9.17, 15) is 4.79 Å². The quantitative estimate of drug-likeness (QED) is 0.801. The summed E-state index contributed by atoms with van der Waals surface area (Å²) in [5, 5.41) is 1.21. The molecule has 0 aliphatic carbocycles. The normalized spacial score (nSPS) is 21.0. The molecule has 2 fully saturated rings. The highest BCUT2D eigenvalue weighted by molar-refractivity contribution is 5.84. The molecular formula is C20H25N3O2. The van der Waals surface area contributed by atoms with E-state index in [0.717, 1.165) is 37.3 Å².